The van der Waals surface area contributed by atoms with Crippen LogP contribution in [-0.2, 0) is 5.33 Å². The Balaban J connectivity index is 2.76. The maximum absolute atomic E-state index is 11.8. The molecular weight excluding hydrogens is 303 g/mol. The summed E-state index contributed by atoms with van der Waals surface area (Å²) in [5.74, 6) is 0.696. The second-order valence-electron chi connectivity index (χ2n) is 2.47. The molecule has 1 rings (SSSR count). The minimum Gasteiger partial charge on any atom is -0.491 e. The van der Waals surface area contributed by atoms with E-state index in [1.807, 2.05) is 18.2 Å². The van der Waals surface area contributed by atoms with E-state index in [0.29, 0.717) is 5.75 Å². The van der Waals surface area contributed by atoms with Gasteiger partial charge in [0.25, 0.3) is 0 Å². The summed E-state index contributed by atoms with van der Waals surface area (Å²) in [6.07, 6.45) is 0. The maximum Gasteiger partial charge on any atom is 0.123 e. The van der Waals surface area contributed by atoms with Gasteiger partial charge in [-0.15, -0.1) is 0 Å². The van der Waals surface area contributed by atoms with Crippen LogP contribution in [0.3, 0.4) is 0 Å². The van der Waals surface area contributed by atoms with Crippen molar-refractivity contribution in [1.82, 2.24) is 0 Å². The van der Waals surface area contributed by atoms with Crippen LogP contribution in [-0.4, -0.2) is 13.3 Å². The summed E-state index contributed by atoms with van der Waals surface area (Å²) < 4.78 is 17.9. The molecule has 0 aliphatic rings. The minimum atomic E-state index is -0.462. The summed E-state index contributed by atoms with van der Waals surface area (Å²) in [6.45, 7) is -0.353. The zero-order chi connectivity index (χ0) is 9.68. The van der Waals surface area contributed by atoms with Crippen molar-refractivity contribution in [3.05, 3.63) is 28.2 Å². The molecule has 1 aromatic rings. The van der Waals surface area contributed by atoms with Gasteiger partial charge in [0.05, 0.1) is 0 Å². The topological polar surface area (TPSA) is 9.23 Å². The fraction of sp³-hybridized carbons (Fsp3) is 0.333. The van der Waals surface area contributed by atoms with Crippen molar-refractivity contribution in [1.29, 1.82) is 0 Å². The summed E-state index contributed by atoms with van der Waals surface area (Å²) in [5, 5.41) is 0.762. The van der Waals surface area contributed by atoms with E-state index in [2.05, 4.69) is 31.9 Å². The highest BCUT2D eigenvalue weighted by Gasteiger charge is 1.99. The first-order chi connectivity index (χ1) is 6.26. The normalized spacial score (nSPS) is 10.1. The fourth-order valence-corrected chi connectivity index (χ4v) is 1.78. The monoisotopic (exact) mass is 310 g/mol. The van der Waals surface area contributed by atoms with E-state index in [4.69, 9.17) is 4.74 Å². The Bertz CT molecular complexity index is 278. The van der Waals surface area contributed by atoms with E-state index in [1.54, 1.807) is 0 Å². The van der Waals surface area contributed by atoms with Gasteiger partial charge in [0.1, 0.15) is 19.0 Å². The molecule has 0 atom stereocenters. The van der Waals surface area contributed by atoms with Crippen LogP contribution in [0.25, 0.3) is 0 Å². The van der Waals surface area contributed by atoms with Gasteiger partial charge < -0.3 is 4.74 Å². The van der Waals surface area contributed by atoms with Gasteiger partial charge in [-0.05, 0) is 23.8 Å². The number of alkyl halides is 2. The average Bonchev–Trinajstić information content (AvgIpc) is 2.14. The molecule has 0 aromatic heterocycles. The molecule has 0 spiro atoms. The van der Waals surface area contributed by atoms with E-state index in [1.165, 1.54) is 0 Å². The molecule has 0 unspecified atom stereocenters. The molecule has 0 fully saturated rings. The Labute approximate surface area is 93.5 Å². The van der Waals surface area contributed by atoms with E-state index >= 15 is 0 Å². The fourth-order valence-electron chi connectivity index (χ4n) is 0.938. The molecule has 1 aromatic carbocycles. The lowest BCUT2D eigenvalue weighted by Crippen LogP contribution is -1.98. The Hall–Kier alpha value is -0.0900. The molecule has 0 N–H and O–H groups in total. The highest BCUT2D eigenvalue weighted by molar-refractivity contribution is 9.10. The SMILES string of the molecule is FCCOc1cc(Br)cc(CBr)c1. The van der Waals surface area contributed by atoms with E-state index in [9.17, 15) is 4.39 Å². The lowest BCUT2D eigenvalue weighted by atomic mass is 10.2. The summed E-state index contributed by atoms with van der Waals surface area (Å²) in [5.41, 5.74) is 1.10. The molecule has 0 radical (unpaired) electrons. The Kier molecular flexibility index (Phi) is 4.73. The molecule has 0 bridgehead atoms. The molecule has 72 valence electrons. The molecule has 0 amide bonds. The molecule has 4 heteroatoms. The summed E-state index contributed by atoms with van der Waals surface area (Å²) in [6, 6.07) is 5.69. The molecule has 0 aliphatic carbocycles. The highest BCUT2D eigenvalue weighted by Crippen LogP contribution is 2.22. The molecule has 0 saturated heterocycles. The molecule has 13 heavy (non-hydrogen) atoms. The third kappa shape index (κ3) is 3.65. The molecule has 1 nitrogen and oxygen atoms in total. The van der Waals surface area contributed by atoms with Crippen molar-refractivity contribution >= 4 is 31.9 Å². The summed E-state index contributed by atoms with van der Waals surface area (Å²) >= 11 is 6.69. The number of hydrogen-bond donors (Lipinski definition) is 0. The summed E-state index contributed by atoms with van der Waals surface area (Å²) in [4.78, 5) is 0. The Morgan fingerprint density at radius 2 is 2.08 bits per heavy atom. The van der Waals surface area contributed by atoms with Gasteiger partial charge in [0, 0.05) is 9.80 Å². The predicted molar refractivity (Wildman–Crippen MR) is 58.2 cm³/mol. The van der Waals surface area contributed by atoms with Crippen LogP contribution < -0.4 is 4.74 Å². The van der Waals surface area contributed by atoms with E-state index < -0.39 is 6.67 Å². The van der Waals surface area contributed by atoms with Crippen LogP contribution in [0.1, 0.15) is 5.56 Å². The number of halogens is 3. The van der Waals surface area contributed by atoms with Crippen LogP contribution in [0.4, 0.5) is 4.39 Å². The zero-order valence-electron chi connectivity index (χ0n) is 6.90. The van der Waals surface area contributed by atoms with Crippen molar-refractivity contribution in [2.24, 2.45) is 0 Å². The van der Waals surface area contributed by atoms with Crippen LogP contribution in [0.15, 0.2) is 22.7 Å². The third-order valence-electron chi connectivity index (χ3n) is 1.43. The lowest BCUT2D eigenvalue weighted by molar-refractivity contribution is 0.273. The Morgan fingerprint density at radius 3 is 2.69 bits per heavy atom. The van der Waals surface area contributed by atoms with Crippen LogP contribution in [0.2, 0.25) is 0 Å². The first kappa shape index (κ1) is 11.0. The van der Waals surface area contributed by atoms with Gasteiger partial charge in [0.2, 0.25) is 0 Å². The lowest BCUT2D eigenvalue weighted by Gasteiger charge is -2.05. The third-order valence-corrected chi connectivity index (χ3v) is 2.54. The molecule has 0 aliphatic heterocycles. The van der Waals surface area contributed by atoms with Crippen molar-refractivity contribution in [3.8, 4) is 5.75 Å². The smallest absolute Gasteiger partial charge is 0.123 e. The number of hydrogen-bond acceptors (Lipinski definition) is 1. The van der Waals surface area contributed by atoms with Gasteiger partial charge in [-0.3, -0.25) is 0 Å². The first-order valence-electron chi connectivity index (χ1n) is 3.80. The highest BCUT2D eigenvalue weighted by atomic mass is 79.9. The second-order valence-corrected chi connectivity index (χ2v) is 3.94. The zero-order valence-corrected chi connectivity index (χ0v) is 10.1. The van der Waals surface area contributed by atoms with Crippen molar-refractivity contribution in [2.45, 2.75) is 5.33 Å². The maximum atomic E-state index is 11.8. The first-order valence-corrected chi connectivity index (χ1v) is 5.72. The van der Waals surface area contributed by atoms with Crippen LogP contribution in [0.5, 0.6) is 5.75 Å². The molecular formula is C9H9Br2FO. The Morgan fingerprint density at radius 1 is 1.31 bits per heavy atom. The van der Waals surface area contributed by atoms with Crippen molar-refractivity contribution in [3.63, 3.8) is 0 Å². The van der Waals surface area contributed by atoms with Crippen LogP contribution >= 0.6 is 31.9 Å². The van der Waals surface area contributed by atoms with Gasteiger partial charge in [0.15, 0.2) is 0 Å². The van der Waals surface area contributed by atoms with Gasteiger partial charge in [-0.25, -0.2) is 4.39 Å². The van der Waals surface area contributed by atoms with E-state index in [0.717, 1.165) is 15.4 Å². The molecule has 0 saturated carbocycles. The van der Waals surface area contributed by atoms with Gasteiger partial charge in [-0.1, -0.05) is 31.9 Å². The summed E-state index contributed by atoms with van der Waals surface area (Å²) in [7, 11) is 0. The van der Waals surface area contributed by atoms with Gasteiger partial charge in [-0.2, -0.15) is 0 Å². The number of rotatable bonds is 4. The van der Waals surface area contributed by atoms with Crippen molar-refractivity contribution < 1.29 is 9.13 Å². The number of ether oxygens (including phenoxy) is 1. The average molecular weight is 312 g/mol. The standard InChI is InChI=1S/C9H9Br2FO/c10-6-7-3-8(11)5-9(4-7)13-2-1-12/h3-5H,1-2,6H2. The molecule has 0 heterocycles. The largest absolute Gasteiger partial charge is 0.491 e. The van der Waals surface area contributed by atoms with Gasteiger partial charge >= 0.3 is 0 Å². The van der Waals surface area contributed by atoms with Crippen molar-refractivity contribution in [2.75, 3.05) is 13.3 Å². The minimum absolute atomic E-state index is 0.109. The predicted octanol–water partition coefficient (Wildman–Crippen LogP) is 3.69. The number of benzene rings is 1. The quantitative estimate of drug-likeness (QED) is 0.771. The second kappa shape index (κ2) is 5.60. The van der Waals surface area contributed by atoms with Crippen LogP contribution in [0, 0.1) is 0 Å². The van der Waals surface area contributed by atoms with E-state index in [-0.39, 0.29) is 6.61 Å².